The Hall–Kier alpha value is -3.09. The van der Waals surface area contributed by atoms with Crippen LogP contribution in [0.15, 0.2) is 60.7 Å². The lowest BCUT2D eigenvalue weighted by molar-refractivity contribution is -0.146. The van der Waals surface area contributed by atoms with Crippen LogP contribution in [0.3, 0.4) is 0 Å². The summed E-state index contributed by atoms with van der Waals surface area (Å²) in [6.45, 7) is 3.61. The van der Waals surface area contributed by atoms with Crippen LogP contribution in [0.4, 0.5) is 8.78 Å². The zero-order valence-electron chi connectivity index (χ0n) is 27.7. The average molecular weight is 721 g/mol. The fraction of sp³-hybridized carbons (Fsp3) is 0.528. The van der Waals surface area contributed by atoms with Gasteiger partial charge in [-0.2, -0.15) is 9.97 Å². The molecule has 2 aromatic carbocycles. The highest BCUT2D eigenvalue weighted by atomic mass is 35.5. The number of piperazine rings is 2. The minimum absolute atomic E-state index is 0. The lowest BCUT2D eigenvalue weighted by Crippen LogP contribution is -2.67. The Balaban J connectivity index is 0.00000234. The second-order valence-corrected chi connectivity index (χ2v) is 13.1. The molecule has 3 aliphatic heterocycles. The zero-order valence-corrected chi connectivity index (χ0v) is 29.3. The Morgan fingerprint density at radius 2 is 1.59 bits per heavy atom. The second kappa shape index (κ2) is 16.7. The van der Waals surface area contributed by atoms with E-state index in [0.717, 1.165) is 32.2 Å². The van der Waals surface area contributed by atoms with E-state index >= 15 is 0 Å². The lowest BCUT2D eigenvalue weighted by Gasteiger charge is -2.53. The summed E-state index contributed by atoms with van der Waals surface area (Å²) in [6, 6.07) is 21.3. The third kappa shape index (κ3) is 8.45. The summed E-state index contributed by atoms with van der Waals surface area (Å²) in [5.41, 5.74) is 3.01. The fourth-order valence-electron chi connectivity index (χ4n) is 7.54. The van der Waals surface area contributed by atoms with E-state index in [-0.39, 0.29) is 66.6 Å². The van der Waals surface area contributed by atoms with Gasteiger partial charge in [-0.25, -0.2) is 8.78 Å². The minimum Gasteiger partial charge on any atom is -0.481 e. The van der Waals surface area contributed by atoms with Crippen LogP contribution in [-0.4, -0.2) is 108 Å². The Kier molecular flexibility index (Phi) is 12.7. The molecule has 0 spiro atoms. The number of ether oxygens (including phenoxy) is 3. The molecule has 1 unspecified atom stereocenters. The summed E-state index contributed by atoms with van der Waals surface area (Å²) in [5, 5.41) is 0. The van der Waals surface area contributed by atoms with E-state index in [1.165, 1.54) is 11.1 Å². The molecule has 0 bridgehead atoms. The standard InChI is InChI=1S/C36H43F2N5O4.2ClH/c1-45-34-28(35(47-23-31(37)38)40-33(39-34)26-14-15-26)21-41-19-27-20-42(36(44)30-13-8-18-46-30)16-17-43(27)29(22-41)32(24-9-4-2-5-10-24)25-11-6-3-7-12-25;;/h2-7,9-12,26-27,29-32H,8,13-23H2,1H3;2*1H/t27-,29?,30-;;/m1../s1. The molecule has 266 valence electrons. The molecule has 0 N–H and O–H groups in total. The molecule has 3 saturated heterocycles. The zero-order chi connectivity index (χ0) is 32.3. The number of amides is 1. The van der Waals surface area contributed by atoms with Crippen molar-refractivity contribution < 1.29 is 27.8 Å². The van der Waals surface area contributed by atoms with Gasteiger partial charge in [-0.3, -0.25) is 14.6 Å². The first-order valence-corrected chi connectivity index (χ1v) is 16.8. The van der Waals surface area contributed by atoms with Gasteiger partial charge >= 0.3 is 0 Å². The SMILES string of the molecule is COc1nc(C2CC2)nc(OCC(F)F)c1CN1CC(C(c2ccccc2)c2ccccc2)N2CCN(C(=O)[C@H]3CCCO3)C[C@H]2C1.Cl.Cl. The molecule has 7 rings (SSSR count). The summed E-state index contributed by atoms with van der Waals surface area (Å²) in [6.07, 6.45) is 0.603. The number of benzene rings is 2. The van der Waals surface area contributed by atoms with Crippen LogP contribution in [0.1, 0.15) is 60.0 Å². The van der Waals surface area contributed by atoms with Crippen LogP contribution in [0.2, 0.25) is 0 Å². The van der Waals surface area contributed by atoms with Gasteiger partial charge in [-0.1, -0.05) is 60.7 Å². The van der Waals surface area contributed by atoms with E-state index in [4.69, 9.17) is 19.2 Å². The maximum Gasteiger partial charge on any atom is 0.272 e. The monoisotopic (exact) mass is 719 g/mol. The van der Waals surface area contributed by atoms with Gasteiger partial charge in [0.15, 0.2) is 6.61 Å². The summed E-state index contributed by atoms with van der Waals surface area (Å²) < 4.78 is 43.9. The molecule has 3 atom stereocenters. The highest BCUT2D eigenvalue weighted by Crippen LogP contribution is 2.42. The van der Waals surface area contributed by atoms with Crippen LogP contribution in [-0.2, 0) is 16.1 Å². The molecule has 1 saturated carbocycles. The Morgan fingerprint density at radius 1 is 0.918 bits per heavy atom. The molecule has 1 aromatic heterocycles. The quantitative estimate of drug-likeness (QED) is 0.255. The number of hydrogen-bond donors (Lipinski definition) is 0. The van der Waals surface area contributed by atoms with Crippen molar-refractivity contribution in [2.75, 3.05) is 53.0 Å². The summed E-state index contributed by atoms with van der Waals surface area (Å²) in [7, 11) is 1.55. The van der Waals surface area contributed by atoms with Crippen LogP contribution in [0.5, 0.6) is 11.8 Å². The maximum atomic E-state index is 13.5. The first-order chi connectivity index (χ1) is 23.0. The van der Waals surface area contributed by atoms with E-state index in [9.17, 15) is 13.6 Å². The van der Waals surface area contributed by atoms with Crippen LogP contribution in [0.25, 0.3) is 0 Å². The number of halogens is 4. The molecule has 4 fully saturated rings. The van der Waals surface area contributed by atoms with Crippen molar-refractivity contribution in [3.05, 3.63) is 83.2 Å². The van der Waals surface area contributed by atoms with Crippen molar-refractivity contribution in [2.24, 2.45) is 0 Å². The highest BCUT2D eigenvalue weighted by molar-refractivity contribution is 5.85. The molecule has 13 heteroatoms. The maximum absolute atomic E-state index is 13.5. The Labute approximate surface area is 299 Å². The number of methoxy groups -OCH3 is 1. The van der Waals surface area contributed by atoms with Gasteiger partial charge in [0.2, 0.25) is 11.8 Å². The van der Waals surface area contributed by atoms with Gasteiger partial charge in [-0.15, -0.1) is 24.8 Å². The summed E-state index contributed by atoms with van der Waals surface area (Å²) >= 11 is 0. The summed E-state index contributed by atoms with van der Waals surface area (Å²) in [4.78, 5) is 29.8. The topological polar surface area (TPSA) is 80.3 Å². The number of hydrogen-bond acceptors (Lipinski definition) is 8. The Bertz CT molecular complexity index is 1480. The number of nitrogens with zero attached hydrogens (tertiary/aromatic N) is 5. The van der Waals surface area contributed by atoms with Crippen molar-refractivity contribution in [3.8, 4) is 11.8 Å². The predicted octanol–water partition coefficient (Wildman–Crippen LogP) is 5.56. The lowest BCUT2D eigenvalue weighted by atomic mass is 9.81. The molecule has 1 amide bonds. The smallest absolute Gasteiger partial charge is 0.272 e. The second-order valence-electron chi connectivity index (χ2n) is 13.1. The van der Waals surface area contributed by atoms with Crippen molar-refractivity contribution in [2.45, 2.75) is 68.7 Å². The minimum atomic E-state index is -2.63. The normalized spacial score (nSPS) is 22.7. The highest BCUT2D eigenvalue weighted by Gasteiger charge is 2.44. The summed E-state index contributed by atoms with van der Waals surface area (Å²) in [5.74, 6) is 1.46. The molecule has 0 radical (unpaired) electrons. The molecule has 4 heterocycles. The van der Waals surface area contributed by atoms with E-state index in [2.05, 4.69) is 63.3 Å². The first-order valence-electron chi connectivity index (χ1n) is 16.8. The Morgan fingerprint density at radius 3 is 2.18 bits per heavy atom. The predicted molar refractivity (Wildman–Crippen MR) is 186 cm³/mol. The van der Waals surface area contributed by atoms with Gasteiger partial charge in [0.05, 0.1) is 12.7 Å². The number of aromatic nitrogens is 2. The van der Waals surface area contributed by atoms with Crippen molar-refractivity contribution in [1.29, 1.82) is 0 Å². The molecular weight excluding hydrogens is 675 g/mol. The van der Waals surface area contributed by atoms with Gasteiger partial charge in [0, 0.05) is 69.8 Å². The van der Waals surface area contributed by atoms with Gasteiger partial charge in [0.1, 0.15) is 11.9 Å². The fourth-order valence-corrected chi connectivity index (χ4v) is 7.54. The average Bonchev–Trinajstić information content (AvgIpc) is 3.81. The number of carbonyl (C=O) groups is 1. The number of alkyl halides is 2. The van der Waals surface area contributed by atoms with Crippen molar-refractivity contribution in [3.63, 3.8) is 0 Å². The van der Waals surface area contributed by atoms with Crippen LogP contribution < -0.4 is 9.47 Å². The number of fused-ring (bicyclic) bond motifs is 1. The van der Waals surface area contributed by atoms with Gasteiger partial charge in [0.25, 0.3) is 12.3 Å². The van der Waals surface area contributed by atoms with E-state index < -0.39 is 13.0 Å². The molecule has 49 heavy (non-hydrogen) atoms. The third-order valence-corrected chi connectivity index (χ3v) is 9.90. The largest absolute Gasteiger partial charge is 0.481 e. The van der Waals surface area contributed by atoms with Gasteiger partial charge < -0.3 is 19.1 Å². The van der Waals surface area contributed by atoms with E-state index in [1.54, 1.807) is 7.11 Å². The number of rotatable bonds is 11. The van der Waals surface area contributed by atoms with E-state index in [1.807, 2.05) is 17.0 Å². The third-order valence-electron chi connectivity index (χ3n) is 9.90. The molecule has 3 aromatic rings. The van der Waals surface area contributed by atoms with Crippen LogP contribution in [0, 0.1) is 0 Å². The first kappa shape index (κ1) is 37.2. The van der Waals surface area contributed by atoms with Gasteiger partial charge in [-0.05, 0) is 36.8 Å². The molecule has 4 aliphatic rings. The molecular formula is C36H45Cl2F2N5O4. The van der Waals surface area contributed by atoms with Crippen LogP contribution >= 0.6 is 24.8 Å². The van der Waals surface area contributed by atoms with Crippen molar-refractivity contribution >= 4 is 30.7 Å². The molecule has 1 aliphatic carbocycles. The molecule has 9 nitrogen and oxygen atoms in total. The van der Waals surface area contributed by atoms with Crippen molar-refractivity contribution in [1.82, 2.24) is 24.7 Å². The number of carbonyl (C=O) groups excluding carboxylic acids is 1. The van der Waals surface area contributed by atoms with E-state index in [0.29, 0.717) is 56.6 Å².